The van der Waals surface area contributed by atoms with Crippen molar-refractivity contribution in [3.8, 4) is 16.8 Å². The number of allylic oxidation sites excluding steroid dienone is 2. The number of nitrogens with one attached hydrogen (secondary N) is 1. The fourth-order valence-corrected chi connectivity index (χ4v) is 8.19. The zero-order chi connectivity index (χ0) is 29.7. The molecular formula is C42H30N2S. The summed E-state index contributed by atoms with van der Waals surface area (Å²) in [6.07, 6.45) is 7.93. The topological polar surface area (TPSA) is 17.0 Å². The molecule has 1 atom stereocenters. The van der Waals surface area contributed by atoms with Crippen molar-refractivity contribution in [2.75, 3.05) is 5.32 Å². The normalized spacial score (nSPS) is 14.8. The third-order valence-electron chi connectivity index (χ3n) is 9.09. The second-order valence-corrected chi connectivity index (χ2v) is 12.8. The lowest BCUT2D eigenvalue weighted by Gasteiger charge is -2.20. The molecule has 1 aliphatic carbocycles. The Morgan fingerprint density at radius 1 is 0.578 bits per heavy atom. The number of hydrogen-bond acceptors (Lipinski definition) is 2. The summed E-state index contributed by atoms with van der Waals surface area (Å²) in [6.45, 7) is 0. The smallest absolute Gasteiger partial charge is 0.0541 e. The van der Waals surface area contributed by atoms with Crippen LogP contribution in [0.4, 0.5) is 5.69 Å². The predicted molar refractivity (Wildman–Crippen MR) is 195 cm³/mol. The first-order valence-electron chi connectivity index (χ1n) is 15.6. The second-order valence-electron chi connectivity index (χ2n) is 11.7. The first kappa shape index (κ1) is 26.1. The lowest BCUT2D eigenvalue weighted by atomic mass is 9.95. The van der Waals surface area contributed by atoms with Gasteiger partial charge in [0.1, 0.15) is 0 Å². The maximum absolute atomic E-state index is 3.75. The molecule has 1 aliphatic rings. The van der Waals surface area contributed by atoms with Gasteiger partial charge in [-0.05, 0) is 59.5 Å². The Kier molecular flexibility index (Phi) is 6.17. The van der Waals surface area contributed by atoms with E-state index in [1.165, 1.54) is 69.9 Å². The van der Waals surface area contributed by atoms with Crippen molar-refractivity contribution in [2.45, 2.75) is 12.5 Å². The van der Waals surface area contributed by atoms with Crippen molar-refractivity contribution in [3.63, 3.8) is 0 Å². The van der Waals surface area contributed by atoms with Crippen LogP contribution >= 0.6 is 11.3 Å². The van der Waals surface area contributed by atoms with Crippen molar-refractivity contribution in [1.29, 1.82) is 0 Å². The Balaban J connectivity index is 0.983. The van der Waals surface area contributed by atoms with Crippen LogP contribution in [0.15, 0.2) is 158 Å². The van der Waals surface area contributed by atoms with Gasteiger partial charge in [-0.2, -0.15) is 0 Å². The number of benzene rings is 6. The van der Waals surface area contributed by atoms with Gasteiger partial charge in [0, 0.05) is 48.2 Å². The average Bonchev–Trinajstić information content (AvgIpc) is 3.65. The summed E-state index contributed by atoms with van der Waals surface area (Å²) in [5.41, 5.74) is 9.83. The molecule has 0 spiro atoms. The minimum Gasteiger partial charge on any atom is -0.379 e. The van der Waals surface area contributed by atoms with E-state index in [1.807, 2.05) is 11.3 Å². The van der Waals surface area contributed by atoms with E-state index in [-0.39, 0.29) is 6.04 Å². The number of thiophene rings is 1. The standard InChI is InChI=1S/C42H30N2S/c1-5-16-38(44-39-17-6-2-11-34(39)35-12-3-7-18-40(35)44)32(10-1)28-20-24-30(25-21-28)43-31-26-22-29(23-27-31)33-14-9-15-37-36-13-4-8-19-41(36)45-42(33)37/h1-26,31,43H,27H2. The van der Waals surface area contributed by atoms with Gasteiger partial charge >= 0.3 is 0 Å². The Labute approximate surface area is 266 Å². The van der Waals surface area contributed by atoms with Crippen LogP contribution in [-0.4, -0.2) is 10.6 Å². The fourth-order valence-electron chi connectivity index (χ4n) is 6.96. The molecule has 0 saturated carbocycles. The molecule has 9 rings (SSSR count). The van der Waals surface area contributed by atoms with E-state index < -0.39 is 0 Å². The van der Waals surface area contributed by atoms with Gasteiger partial charge in [0.05, 0.1) is 16.7 Å². The number of fused-ring (bicyclic) bond motifs is 6. The van der Waals surface area contributed by atoms with Gasteiger partial charge in [-0.3, -0.25) is 0 Å². The quantitative estimate of drug-likeness (QED) is 0.210. The number of hydrogen-bond donors (Lipinski definition) is 1. The highest BCUT2D eigenvalue weighted by Crippen LogP contribution is 2.40. The van der Waals surface area contributed by atoms with E-state index in [0.717, 1.165) is 12.1 Å². The summed E-state index contributed by atoms with van der Waals surface area (Å²) in [5, 5.41) is 9.00. The van der Waals surface area contributed by atoms with Crippen molar-refractivity contribution in [2.24, 2.45) is 0 Å². The molecule has 0 radical (unpaired) electrons. The summed E-state index contributed by atoms with van der Waals surface area (Å²) in [6, 6.07) is 50.7. The zero-order valence-corrected chi connectivity index (χ0v) is 25.5. The molecule has 0 bridgehead atoms. The summed E-state index contributed by atoms with van der Waals surface area (Å²) in [7, 11) is 0. The Morgan fingerprint density at radius 2 is 1.22 bits per heavy atom. The van der Waals surface area contributed by atoms with E-state index in [0.29, 0.717) is 0 Å². The highest BCUT2D eigenvalue weighted by molar-refractivity contribution is 7.26. The molecule has 3 heteroatoms. The van der Waals surface area contributed by atoms with Crippen LogP contribution in [-0.2, 0) is 0 Å². The maximum Gasteiger partial charge on any atom is 0.0541 e. The van der Waals surface area contributed by atoms with Crippen molar-refractivity contribution in [1.82, 2.24) is 4.57 Å². The predicted octanol–water partition coefficient (Wildman–Crippen LogP) is 11.6. The number of nitrogens with zero attached hydrogens (tertiary/aromatic N) is 1. The zero-order valence-electron chi connectivity index (χ0n) is 24.7. The van der Waals surface area contributed by atoms with E-state index in [1.54, 1.807) is 0 Å². The van der Waals surface area contributed by atoms with E-state index in [2.05, 4.69) is 168 Å². The van der Waals surface area contributed by atoms with Gasteiger partial charge in [-0.1, -0.05) is 121 Å². The summed E-state index contributed by atoms with van der Waals surface area (Å²) >= 11 is 1.89. The molecular weight excluding hydrogens is 565 g/mol. The second kappa shape index (κ2) is 10.7. The fraction of sp³-hybridized carbons (Fsp3) is 0.0476. The van der Waals surface area contributed by atoms with Gasteiger partial charge in [-0.25, -0.2) is 0 Å². The first-order chi connectivity index (χ1) is 22.3. The molecule has 6 aromatic carbocycles. The highest BCUT2D eigenvalue weighted by atomic mass is 32.1. The van der Waals surface area contributed by atoms with E-state index >= 15 is 0 Å². The van der Waals surface area contributed by atoms with Crippen LogP contribution in [0.5, 0.6) is 0 Å². The van der Waals surface area contributed by atoms with Gasteiger partial charge in [0.15, 0.2) is 0 Å². The molecule has 0 saturated heterocycles. The van der Waals surface area contributed by atoms with Crippen LogP contribution in [0.2, 0.25) is 0 Å². The van der Waals surface area contributed by atoms with Crippen LogP contribution in [0.1, 0.15) is 12.0 Å². The molecule has 1 N–H and O–H groups in total. The van der Waals surface area contributed by atoms with Crippen LogP contribution in [0, 0.1) is 0 Å². The Bertz CT molecular complexity index is 2380. The minimum atomic E-state index is 0.256. The molecule has 8 aromatic rings. The SMILES string of the molecule is C1=CC(Nc2ccc(-c3ccccc3-n3c4ccccc4c4ccccc43)cc2)CC=C1c1cccc2c1sc1ccccc12. The molecule has 1 unspecified atom stereocenters. The average molecular weight is 595 g/mol. The monoisotopic (exact) mass is 594 g/mol. The molecule has 214 valence electrons. The molecule has 45 heavy (non-hydrogen) atoms. The third kappa shape index (κ3) is 4.39. The molecule has 0 fully saturated rings. The van der Waals surface area contributed by atoms with Crippen LogP contribution in [0.3, 0.4) is 0 Å². The number of anilines is 1. The largest absolute Gasteiger partial charge is 0.379 e. The summed E-state index contributed by atoms with van der Waals surface area (Å²) in [5.74, 6) is 0. The van der Waals surface area contributed by atoms with Gasteiger partial charge in [0.2, 0.25) is 0 Å². The molecule has 0 aliphatic heterocycles. The van der Waals surface area contributed by atoms with Gasteiger partial charge < -0.3 is 9.88 Å². The molecule has 0 amide bonds. The maximum atomic E-state index is 3.75. The summed E-state index contributed by atoms with van der Waals surface area (Å²) < 4.78 is 5.13. The molecule has 2 heterocycles. The Morgan fingerprint density at radius 3 is 1.98 bits per heavy atom. The lowest BCUT2D eigenvalue weighted by molar-refractivity contribution is 0.886. The van der Waals surface area contributed by atoms with E-state index in [4.69, 9.17) is 0 Å². The van der Waals surface area contributed by atoms with Crippen molar-refractivity contribution in [3.05, 3.63) is 163 Å². The third-order valence-corrected chi connectivity index (χ3v) is 10.3. The Hall–Kier alpha value is -5.38. The number of para-hydroxylation sites is 3. The van der Waals surface area contributed by atoms with Gasteiger partial charge in [-0.15, -0.1) is 11.3 Å². The lowest BCUT2D eigenvalue weighted by Crippen LogP contribution is -2.17. The molecule has 2 nitrogen and oxygen atoms in total. The number of rotatable bonds is 5. The van der Waals surface area contributed by atoms with E-state index in [9.17, 15) is 0 Å². The van der Waals surface area contributed by atoms with Gasteiger partial charge in [0.25, 0.3) is 0 Å². The highest BCUT2D eigenvalue weighted by Gasteiger charge is 2.16. The van der Waals surface area contributed by atoms with Crippen molar-refractivity contribution >= 4 is 64.6 Å². The summed E-state index contributed by atoms with van der Waals surface area (Å²) in [4.78, 5) is 0. The minimum absolute atomic E-state index is 0.256. The van der Waals surface area contributed by atoms with Crippen LogP contribution < -0.4 is 5.32 Å². The van der Waals surface area contributed by atoms with Crippen LogP contribution in [0.25, 0.3) is 64.4 Å². The number of aromatic nitrogens is 1. The first-order valence-corrected chi connectivity index (χ1v) is 16.4. The van der Waals surface area contributed by atoms with Crippen molar-refractivity contribution < 1.29 is 0 Å². The molecule has 2 aromatic heterocycles.